The number of hydrogen-bond donors (Lipinski definition) is 3. The van der Waals surface area contributed by atoms with Crippen LogP contribution in [-0.4, -0.2) is 70.1 Å². The van der Waals surface area contributed by atoms with Crippen molar-refractivity contribution < 1.29 is 8.78 Å². The summed E-state index contributed by atoms with van der Waals surface area (Å²) in [5.74, 6) is -2.06. The van der Waals surface area contributed by atoms with E-state index >= 15 is 0 Å². The lowest BCUT2D eigenvalue weighted by atomic mass is 10.1. The third-order valence-electron chi connectivity index (χ3n) is 6.92. The summed E-state index contributed by atoms with van der Waals surface area (Å²) in [6.07, 6.45) is 14.6. The van der Waals surface area contributed by atoms with Crippen LogP contribution in [0.15, 0.2) is 67.2 Å². The van der Waals surface area contributed by atoms with Crippen LogP contribution in [0.25, 0.3) is 44.8 Å². The number of allylic oxidation sites excluding steroid dienone is 2. The van der Waals surface area contributed by atoms with Crippen LogP contribution in [0.5, 0.6) is 0 Å². The minimum absolute atomic E-state index is 0.103. The Balaban J connectivity index is 1.24. The number of aryl methyl sites for hydroxylation is 1. The average Bonchev–Trinajstić information content (AvgIpc) is 3.67. The largest absolute Gasteiger partial charge is 0.367 e. The van der Waals surface area contributed by atoms with Gasteiger partial charge in [-0.1, -0.05) is 0 Å². The minimum atomic E-state index is -2.62. The van der Waals surface area contributed by atoms with Gasteiger partial charge in [0.25, 0.3) is 5.92 Å². The quantitative estimate of drug-likeness (QED) is 0.316. The Kier molecular flexibility index (Phi) is 5.37. The van der Waals surface area contributed by atoms with E-state index in [9.17, 15) is 8.78 Å². The van der Waals surface area contributed by atoms with Crippen LogP contribution in [0.4, 0.5) is 8.78 Å². The van der Waals surface area contributed by atoms with Crippen LogP contribution in [-0.2, 0) is 0 Å². The van der Waals surface area contributed by atoms with E-state index in [0.29, 0.717) is 30.1 Å². The predicted molar refractivity (Wildman–Crippen MR) is 143 cm³/mol. The molecule has 0 unspecified atom stereocenters. The molecule has 196 valence electrons. The monoisotopic (exact) mass is 526 g/mol. The topological polar surface area (TPSA) is 116 Å². The standard InChI is InChI=1S/C27H24F2N10/c1-16-12-39(15-32-16)22-11-31-10-21-23(22)35-26(34-21)25-24-20(36-37-25)3-2-19(33-24)18-8-17(4-6-30-9-18)13-38-7-5-27(28,29)14-38/h2-4,6,8-12,15,30H,5,7,13-14H2,1H3,(H,34,35)(H,36,37). The number of pyridine rings is 2. The lowest BCUT2D eigenvalue weighted by molar-refractivity contribution is 0.0131. The highest BCUT2D eigenvalue weighted by molar-refractivity contribution is 5.93. The molecule has 5 aromatic heterocycles. The third kappa shape index (κ3) is 4.38. The number of nitrogens with zero attached hydrogens (tertiary/aromatic N) is 7. The van der Waals surface area contributed by atoms with Crippen molar-refractivity contribution in [2.45, 2.75) is 19.3 Å². The molecule has 1 fully saturated rings. The number of alkyl halides is 2. The van der Waals surface area contributed by atoms with Crippen molar-refractivity contribution in [2.24, 2.45) is 0 Å². The Morgan fingerprint density at radius 1 is 1.10 bits per heavy atom. The van der Waals surface area contributed by atoms with Gasteiger partial charge in [0.1, 0.15) is 11.0 Å². The van der Waals surface area contributed by atoms with Gasteiger partial charge in [0.15, 0.2) is 11.5 Å². The van der Waals surface area contributed by atoms with Gasteiger partial charge in [-0.2, -0.15) is 5.10 Å². The molecule has 12 heteroatoms. The van der Waals surface area contributed by atoms with Crippen molar-refractivity contribution in [3.63, 3.8) is 0 Å². The van der Waals surface area contributed by atoms with Crippen LogP contribution < -0.4 is 5.32 Å². The van der Waals surface area contributed by atoms with E-state index in [2.05, 4.69) is 30.5 Å². The van der Waals surface area contributed by atoms with Crippen LogP contribution in [0.1, 0.15) is 17.8 Å². The van der Waals surface area contributed by atoms with Gasteiger partial charge in [-0.05, 0) is 36.8 Å². The fraction of sp³-hybridized carbons (Fsp3) is 0.222. The molecule has 2 aliphatic heterocycles. The fourth-order valence-corrected chi connectivity index (χ4v) is 5.03. The van der Waals surface area contributed by atoms with Gasteiger partial charge in [-0.3, -0.25) is 15.0 Å². The summed E-state index contributed by atoms with van der Waals surface area (Å²) in [6, 6.07) is 3.83. The van der Waals surface area contributed by atoms with Gasteiger partial charge in [-0.25, -0.2) is 23.7 Å². The lowest BCUT2D eigenvalue weighted by Gasteiger charge is -2.16. The second-order valence-corrected chi connectivity index (χ2v) is 9.86. The Bertz CT molecular complexity index is 1810. The molecule has 3 N–H and O–H groups in total. The molecule has 0 radical (unpaired) electrons. The second-order valence-electron chi connectivity index (χ2n) is 9.86. The summed E-state index contributed by atoms with van der Waals surface area (Å²) in [7, 11) is 0. The first-order chi connectivity index (χ1) is 18.9. The SMILES string of the molecule is Cc1cn(-c2cncc3[nH]c(-c4n[nH]c5ccc(C6=CNC=CC(CN7CCC(F)(F)C7)=C6)nc45)nc23)cn1. The average molecular weight is 527 g/mol. The van der Waals surface area contributed by atoms with Crippen molar-refractivity contribution >= 4 is 27.6 Å². The van der Waals surface area contributed by atoms with Crippen molar-refractivity contribution in [1.82, 2.24) is 49.9 Å². The first-order valence-electron chi connectivity index (χ1n) is 12.6. The summed E-state index contributed by atoms with van der Waals surface area (Å²) >= 11 is 0. The van der Waals surface area contributed by atoms with E-state index in [1.165, 1.54) is 0 Å². The van der Waals surface area contributed by atoms with Crippen molar-refractivity contribution in [2.75, 3.05) is 19.6 Å². The Labute approximate surface area is 221 Å². The fourth-order valence-electron chi connectivity index (χ4n) is 5.03. The maximum atomic E-state index is 13.7. The maximum absolute atomic E-state index is 13.7. The Hall–Kier alpha value is -4.71. The van der Waals surface area contributed by atoms with Crippen LogP contribution >= 0.6 is 0 Å². The molecular formula is C27H24F2N10. The zero-order chi connectivity index (χ0) is 26.6. The second kappa shape index (κ2) is 8.95. The van der Waals surface area contributed by atoms with Gasteiger partial charge in [0.2, 0.25) is 0 Å². The number of hydrogen-bond acceptors (Lipinski definition) is 7. The first-order valence-corrected chi connectivity index (χ1v) is 12.6. The minimum Gasteiger partial charge on any atom is -0.367 e. The Morgan fingerprint density at radius 2 is 2.03 bits per heavy atom. The van der Waals surface area contributed by atoms with Crippen LogP contribution in [0.2, 0.25) is 0 Å². The van der Waals surface area contributed by atoms with E-state index in [4.69, 9.17) is 9.97 Å². The highest BCUT2D eigenvalue weighted by atomic mass is 19.3. The molecule has 0 bridgehead atoms. The molecule has 0 spiro atoms. The molecule has 2 aliphatic rings. The van der Waals surface area contributed by atoms with Gasteiger partial charge in [0.05, 0.1) is 53.4 Å². The molecule has 0 atom stereocenters. The van der Waals surface area contributed by atoms with Gasteiger partial charge in [0, 0.05) is 43.7 Å². The number of H-pyrrole nitrogens is 2. The zero-order valence-corrected chi connectivity index (χ0v) is 21.0. The maximum Gasteiger partial charge on any atom is 0.261 e. The molecule has 0 amide bonds. The van der Waals surface area contributed by atoms with E-state index in [1.807, 2.05) is 48.2 Å². The predicted octanol–water partition coefficient (Wildman–Crippen LogP) is 4.12. The molecule has 1 saturated heterocycles. The number of halogens is 2. The molecule has 0 saturated carbocycles. The molecule has 0 aromatic carbocycles. The molecule has 7 rings (SSSR count). The number of rotatable bonds is 5. The molecular weight excluding hydrogens is 502 g/mol. The van der Waals surface area contributed by atoms with E-state index in [-0.39, 0.29) is 13.0 Å². The zero-order valence-electron chi connectivity index (χ0n) is 21.0. The number of aromatic nitrogens is 8. The number of imidazole rings is 2. The van der Waals surface area contributed by atoms with Crippen LogP contribution in [0, 0.1) is 6.92 Å². The normalized spacial score (nSPS) is 17.4. The summed E-state index contributed by atoms with van der Waals surface area (Å²) in [6.45, 7) is 2.53. The van der Waals surface area contributed by atoms with E-state index in [1.54, 1.807) is 29.8 Å². The summed E-state index contributed by atoms with van der Waals surface area (Å²) < 4.78 is 29.3. The number of aromatic amines is 2. The lowest BCUT2D eigenvalue weighted by Crippen LogP contribution is -2.26. The molecule has 10 nitrogen and oxygen atoms in total. The first kappa shape index (κ1) is 23.4. The van der Waals surface area contributed by atoms with E-state index < -0.39 is 5.92 Å². The van der Waals surface area contributed by atoms with E-state index in [0.717, 1.165) is 44.8 Å². The van der Waals surface area contributed by atoms with Crippen molar-refractivity contribution in [1.29, 1.82) is 0 Å². The van der Waals surface area contributed by atoms with Gasteiger partial charge in [-0.15, -0.1) is 0 Å². The third-order valence-corrected chi connectivity index (χ3v) is 6.92. The van der Waals surface area contributed by atoms with Crippen molar-refractivity contribution in [3.05, 3.63) is 78.6 Å². The molecule has 7 heterocycles. The van der Waals surface area contributed by atoms with Gasteiger partial charge >= 0.3 is 0 Å². The number of fused-ring (bicyclic) bond motifs is 2. The molecule has 39 heavy (non-hydrogen) atoms. The van der Waals surface area contributed by atoms with Gasteiger partial charge < -0.3 is 14.9 Å². The van der Waals surface area contributed by atoms with Crippen molar-refractivity contribution in [3.8, 4) is 17.2 Å². The highest BCUT2D eigenvalue weighted by Crippen LogP contribution is 2.30. The van der Waals surface area contributed by atoms with Crippen LogP contribution in [0.3, 0.4) is 0 Å². The highest BCUT2D eigenvalue weighted by Gasteiger charge is 2.38. The molecule has 0 aliphatic carbocycles. The summed E-state index contributed by atoms with van der Waals surface area (Å²) in [5, 5.41) is 10.7. The smallest absolute Gasteiger partial charge is 0.261 e. The number of likely N-dealkylation sites (tertiary alicyclic amines) is 1. The number of nitrogens with one attached hydrogen (secondary N) is 3. The summed E-state index contributed by atoms with van der Waals surface area (Å²) in [5.41, 5.74) is 7.69. The molecule has 5 aromatic rings. The Morgan fingerprint density at radius 3 is 2.85 bits per heavy atom. The summed E-state index contributed by atoms with van der Waals surface area (Å²) in [4.78, 5) is 23.5.